The van der Waals surface area contributed by atoms with Crippen molar-refractivity contribution < 1.29 is 8.42 Å². The molecule has 0 aliphatic rings. The number of hydrogen-bond donors (Lipinski definition) is 1. The molecule has 0 bridgehead atoms. The lowest BCUT2D eigenvalue weighted by atomic mass is 10.2. The van der Waals surface area contributed by atoms with E-state index >= 15 is 0 Å². The molecular formula is C16H15Cl4NO2S2. The Balaban J connectivity index is 1.83. The number of sulfonamides is 1. The molecule has 0 saturated heterocycles. The van der Waals surface area contributed by atoms with Gasteiger partial charge in [-0.2, -0.15) is 11.8 Å². The van der Waals surface area contributed by atoms with Gasteiger partial charge in [-0.25, -0.2) is 13.1 Å². The molecule has 0 amide bonds. The van der Waals surface area contributed by atoms with Crippen molar-refractivity contribution in [2.75, 3.05) is 12.3 Å². The Morgan fingerprint density at radius 3 is 1.84 bits per heavy atom. The second kappa shape index (κ2) is 9.70. The van der Waals surface area contributed by atoms with Crippen LogP contribution in [0.2, 0.25) is 20.1 Å². The molecular weight excluding hydrogens is 444 g/mol. The van der Waals surface area contributed by atoms with Crippen LogP contribution in [0.5, 0.6) is 0 Å². The maximum Gasteiger partial charge on any atom is 0.215 e. The van der Waals surface area contributed by atoms with E-state index in [9.17, 15) is 8.42 Å². The number of benzene rings is 2. The van der Waals surface area contributed by atoms with Crippen molar-refractivity contribution in [2.24, 2.45) is 0 Å². The number of hydrogen-bond acceptors (Lipinski definition) is 3. The number of thioether (sulfide) groups is 1. The van der Waals surface area contributed by atoms with Crippen molar-refractivity contribution in [1.29, 1.82) is 0 Å². The van der Waals surface area contributed by atoms with Gasteiger partial charge >= 0.3 is 0 Å². The second-order valence-electron chi connectivity index (χ2n) is 5.11. The molecule has 2 rings (SSSR count). The van der Waals surface area contributed by atoms with Gasteiger partial charge in [0.15, 0.2) is 0 Å². The van der Waals surface area contributed by atoms with Gasteiger partial charge in [-0.3, -0.25) is 0 Å². The van der Waals surface area contributed by atoms with Gasteiger partial charge in [-0.15, -0.1) is 0 Å². The first-order valence-corrected chi connectivity index (χ1v) is 11.5. The Bertz CT molecular complexity index is 804. The first-order chi connectivity index (χ1) is 11.8. The van der Waals surface area contributed by atoms with Crippen LogP contribution in [0.15, 0.2) is 36.4 Å². The second-order valence-corrected chi connectivity index (χ2v) is 9.65. The largest absolute Gasteiger partial charge is 0.215 e. The summed E-state index contributed by atoms with van der Waals surface area (Å²) in [5, 5.41) is 1.88. The van der Waals surface area contributed by atoms with E-state index in [4.69, 9.17) is 46.4 Å². The van der Waals surface area contributed by atoms with Crippen LogP contribution in [0.4, 0.5) is 0 Å². The molecule has 0 atom stereocenters. The minimum atomic E-state index is -3.53. The minimum Gasteiger partial charge on any atom is -0.214 e. The Hall–Kier alpha value is -0.140. The van der Waals surface area contributed by atoms with Gasteiger partial charge in [0.1, 0.15) is 0 Å². The number of rotatable bonds is 8. The smallest absolute Gasteiger partial charge is 0.214 e. The third-order valence-electron chi connectivity index (χ3n) is 3.27. The van der Waals surface area contributed by atoms with Crippen LogP contribution in [0.1, 0.15) is 11.1 Å². The summed E-state index contributed by atoms with van der Waals surface area (Å²) < 4.78 is 26.9. The first-order valence-electron chi connectivity index (χ1n) is 7.21. The summed E-state index contributed by atoms with van der Waals surface area (Å²) in [5.41, 5.74) is 1.25. The molecule has 25 heavy (non-hydrogen) atoms. The Morgan fingerprint density at radius 2 is 1.32 bits per heavy atom. The first kappa shape index (κ1) is 21.2. The van der Waals surface area contributed by atoms with Gasteiger partial charge in [0.2, 0.25) is 10.0 Å². The average molecular weight is 459 g/mol. The van der Waals surface area contributed by atoms with Crippen LogP contribution >= 0.6 is 58.2 Å². The predicted octanol–water partition coefficient (Wildman–Crippen LogP) is 5.65. The van der Waals surface area contributed by atoms with E-state index < -0.39 is 10.0 Å². The van der Waals surface area contributed by atoms with Gasteiger partial charge in [0.05, 0.1) is 5.75 Å². The van der Waals surface area contributed by atoms with Crippen LogP contribution in [-0.4, -0.2) is 20.7 Å². The van der Waals surface area contributed by atoms with Gasteiger partial charge in [-0.05, 0) is 29.8 Å². The molecule has 136 valence electrons. The fourth-order valence-electron chi connectivity index (χ4n) is 2.03. The van der Waals surface area contributed by atoms with Crippen LogP contribution in [0.25, 0.3) is 0 Å². The molecule has 9 heteroatoms. The highest BCUT2D eigenvalue weighted by atomic mass is 35.5. The summed E-state index contributed by atoms with van der Waals surface area (Å²) in [6.45, 7) is 0.289. The van der Waals surface area contributed by atoms with Crippen molar-refractivity contribution >= 4 is 68.2 Å². The van der Waals surface area contributed by atoms with Crippen molar-refractivity contribution in [3.8, 4) is 0 Å². The lowest BCUT2D eigenvalue weighted by Gasteiger charge is -2.10. The SMILES string of the molecule is O=S(=O)(Cc1c(Cl)cccc1Cl)NCCSCc1c(Cl)cccc1Cl. The maximum atomic E-state index is 12.2. The summed E-state index contributed by atoms with van der Waals surface area (Å²) in [5.74, 6) is 0.931. The highest BCUT2D eigenvalue weighted by Crippen LogP contribution is 2.28. The highest BCUT2D eigenvalue weighted by molar-refractivity contribution is 7.98. The fraction of sp³-hybridized carbons (Fsp3) is 0.250. The molecule has 0 aromatic heterocycles. The zero-order valence-electron chi connectivity index (χ0n) is 12.9. The zero-order chi connectivity index (χ0) is 18.4. The van der Waals surface area contributed by atoms with E-state index in [0.717, 1.165) is 5.56 Å². The van der Waals surface area contributed by atoms with Crippen molar-refractivity contribution in [3.63, 3.8) is 0 Å². The average Bonchev–Trinajstić information content (AvgIpc) is 2.53. The highest BCUT2D eigenvalue weighted by Gasteiger charge is 2.16. The molecule has 1 N–H and O–H groups in total. The third kappa shape index (κ3) is 6.51. The Labute approximate surface area is 172 Å². The molecule has 2 aromatic carbocycles. The van der Waals surface area contributed by atoms with Crippen LogP contribution in [0, 0.1) is 0 Å². The van der Waals surface area contributed by atoms with E-state index in [2.05, 4.69) is 4.72 Å². The molecule has 0 aliphatic heterocycles. The molecule has 0 fully saturated rings. The Kier molecular flexibility index (Phi) is 8.21. The summed E-state index contributed by atoms with van der Waals surface area (Å²) in [6.07, 6.45) is 0. The van der Waals surface area contributed by atoms with Gasteiger partial charge in [0, 0.05) is 43.7 Å². The number of nitrogens with one attached hydrogen (secondary N) is 1. The normalized spacial score (nSPS) is 11.7. The minimum absolute atomic E-state index is 0.257. The fourth-order valence-corrected chi connectivity index (χ4v) is 5.65. The summed E-state index contributed by atoms with van der Waals surface area (Å²) in [4.78, 5) is 0. The summed E-state index contributed by atoms with van der Waals surface area (Å²) in [7, 11) is -3.53. The van der Waals surface area contributed by atoms with E-state index in [0.29, 0.717) is 37.2 Å². The molecule has 0 aliphatic carbocycles. The van der Waals surface area contributed by atoms with Crippen molar-refractivity contribution in [2.45, 2.75) is 11.5 Å². The van der Waals surface area contributed by atoms with E-state index in [1.165, 1.54) is 0 Å². The lowest BCUT2D eigenvalue weighted by molar-refractivity contribution is 0.583. The zero-order valence-corrected chi connectivity index (χ0v) is 17.6. The molecule has 0 unspecified atom stereocenters. The van der Waals surface area contributed by atoms with Crippen LogP contribution in [-0.2, 0) is 21.5 Å². The topological polar surface area (TPSA) is 46.2 Å². The lowest BCUT2D eigenvalue weighted by Crippen LogP contribution is -2.27. The van der Waals surface area contributed by atoms with Gasteiger partial charge in [0.25, 0.3) is 0 Å². The van der Waals surface area contributed by atoms with Crippen LogP contribution < -0.4 is 4.72 Å². The summed E-state index contributed by atoms with van der Waals surface area (Å²) >= 11 is 25.8. The molecule has 0 saturated carbocycles. The molecule has 3 nitrogen and oxygen atoms in total. The van der Waals surface area contributed by atoms with Crippen molar-refractivity contribution in [3.05, 3.63) is 67.6 Å². The van der Waals surface area contributed by atoms with Gasteiger partial charge < -0.3 is 0 Å². The monoisotopic (exact) mass is 457 g/mol. The van der Waals surface area contributed by atoms with Crippen LogP contribution in [0.3, 0.4) is 0 Å². The predicted molar refractivity (Wildman–Crippen MR) is 110 cm³/mol. The van der Waals surface area contributed by atoms with E-state index in [-0.39, 0.29) is 12.3 Å². The van der Waals surface area contributed by atoms with Crippen molar-refractivity contribution in [1.82, 2.24) is 4.72 Å². The maximum absolute atomic E-state index is 12.2. The summed E-state index contributed by atoms with van der Waals surface area (Å²) in [6, 6.07) is 10.2. The molecule has 2 aromatic rings. The van der Waals surface area contributed by atoms with E-state index in [1.54, 1.807) is 48.2 Å². The third-order valence-corrected chi connectivity index (χ3v) is 6.99. The van der Waals surface area contributed by atoms with Gasteiger partial charge in [-0.1, -0.05) is 58.5 Å². The van der Waals surface area contributed by atoms with E-state index in [1.807, 2.05) is 0 Å². The molecule has 0 heterocycles. The Morgan fingerprint density at radius 1 is 0.840 bits per heavy atom. The standard InChI is InChI=1S/C16H15Cl4NO2S2/c17-13-3-1-4-14(18)11(13)9-24-8-7-21-25(22,23)10-12-15(19)5-2-6-16(12)20/h1-6,21H,7-10H2. The number of halogens is 4. The molecule has 0 spiro atoms. The molecule has 0 radical (unpaired) electrons. The quantitative estimate of drug-likeness (QED) is 0.519.